The lowest BCUT2D eigenvalue weighted by atomic mass is 10.1. The molecule has 0 spiro atoms. The smallest absolute Gasteiger partial charge is 0.418 e. The van der Waals surface area contributed by atoms with Crippen LogP contribution in [0.1, 0.15) is 37.6 Å². The van der Waals surface area contributed by atoms with Gasteiger partial charge in [0.05, 0.1) is 5.52 Å². The summed E-state index contributed by atoms with van der Waals surface area (Å²) in [7, 11) is 0. The van der Waals surface area contributed by atoms with E-state index in [1.807, 2.05) is 32.9 Å². The minimum atomic E-state index is -0.571. The lowest BCUT2D eigenvalue weighted by molar-refractivity contribution is 0.0544. The Morgan fingerprint density at radius 1 is 1.29 bits per heavy atom. The molecule has 24 heavy (non-hydrogen) atoms. The fourth-order valence-electron chi connectivity index (χ4n) is 2.79. The van der Waals surface area contributed by atoms with E-state index in [-0.39, 0.29) is 11.9 Å². The molecule has 0 bridgehead atoms. The first kappa shape index (κ1) is 16.5. The normalized spacial score (nSPS) is 17.9. The van der Waals surface area contributed by atoms with Crippen molar-refractivity contribution < 1.29 is 14.3 Å². The summed E-state index contributed by atoms with van der Waals surface area (Å²) >= 11 is 0. The van der Waals surface area contributed by atoms with E-state index in [1.54, 1.807) is 18.3 Å². The third-order valence-electron chi connectivity index (χ3n) is 3.94. The average molecular weight is 329 g/mol. The Kier molecular flexibility index (Phi) is 4.32. The van der Waals surface area contributed by atoms with Crippen molar-refractivity contribution in [2.24, 2.45) is 0 Å². The summed E-state index contributed by atoms with van der Waals surface area (Å²) in [5.41, 5.74) is 0.636. The molecule has 1 atom stereocenters. The Morgan fingerprint density at radius 2 is 2.08 bits per heavy atom. The summed E-state index contributed by atoms with van der Waals surface area (Å²) in [4.78, 5) is 24.7. The summed E-state index contributed by atoms with van der Waals surface area (Å²) in [6.07, 6.45) is 2.15. The Balaban J connectivity index is 1.85. The van der Waals surface area contributed by atoms with Gasteiger partial charge in [0.1, 0.15) is 5.60 Å². The van der Waals surface area contributed by atoms with Crippen LogP contribution in [0.3, 0.4) is 0 Å². The van der Waals surface area contributed by atoms with Crippen molar-refractivity contribution in [3.63, 3.8) is 0 Å². The molecule has 6 nitrogen and oxygen atoms in total. The van der Waals surface area contributed by atoms with Gasteiger partial charge in [-0.3, -0.25) is 9.36 Å². The van der Waals surface area contributed by atoms with Gasteiger partial charge in [-0.25, -0.2) is 4.79 Å². The molecule has 1 aromatic heterocycles. The second-order valence-electron chi connectivity index (χ2n) is 7.10. The van der Waals surface area contributed by atoms with Crippen molar-refractivity contribution >= 4 is 22.9 Å². The van der Waals surface area contributed by atoms with Gasteiger partial charge in [-0.05, 0) is 51.9 Å². The van der Waals surface area contributed by atoms with E-state index in [4.69, 9.17) is 4.74 Å². The number of carbonyl (C=O) groups excluding carboxylic acids is 2. The molecule has 128 valence electrons. The zero-order valence-electron chi connectivity index (χ0n) is 14.3. The number of nitrogens with zero attached hydrogens (tertiary/aromatic N) is 1. The lowest BCUT2D eigenvalue weighted by Crippen LogP contribution is -2.36. The number of hydrogen-bond acceptors (Lipinski definition) is 4. The number of ether oxygens (including phenoxy) is 1. The van der Waals surface area contributed by atoms with Gasteiger partial charge >= 0.3 is 6.09 Å². The highest BCUT2D eigenvalue weighted by Gasteiger charge is 2.21. The fraction of sp³-hybridized carbons (Fsp3) is 0.444. The number of benzene rings is 1. The van der Waals surface area contributed by atoms with Crippen molar-refractivity contribution in [3.8, 4) is 0 Å². The van der Waals surface area contributed by atoms with Crippen LogP contribution in [0.25, 0.3) is 10.9 Å². The Hall–Kier alpha value is -2.34. The Morgan fingerprint density at radius 3 is 2.75 bits per heavy atom. The minimum absolute atomic E-state index is 0.123. The van der Waals surface area contributed by atoms with Crippen molar-refractivity contribution in [3.05, 3.63) is 36.0 Å². The van der Waals surface area contributed by atoms with Crippen molar-refractivity contribution in [1.29, 1.82) is 0 Å². The minimum Gasteiger partial charge on any atom is -0.443 e. The zero-order chi connectivity index (χ0) is 17.3. The molecule has 1 saturated heterocycles. The number of hydrogen-bond donors (Lipinski definition) is 2. The van der Waals surface area contributed by atoms with Gasteiger partial charge in [0.15, 0.2) is 0 Å². The number of nitrogens with one attached hydrogen (secondary N) is 2. The van der Waals surface area contributed by atoms with Gasteiger partial charge in [-0.15, -0.1) is 0 Å². The van der Waals surface area contributed by atoms with Gasteiger partial charge in [0.25, 0.3) is 5.91 Å². The van der Waals surface area contributed by atoms with Crippen LogP contribution in [-0.2, 0) is 4.74 Å². The molecule has 1 aliphatic rings. The molecule has 0 unspecified atom stereocenters. The molecule has 0 radical (unpaired) electrons. The topological polar surface area (TPSA) is 72.4 Å². The number of fused-ring (bicyclic) bond motifs is 1. The van der Waals surface area contributed by atoms with Crippen LogP contribution < -0.4 is 10.6 Å². The molecule has 2 heterocycles. The number of amides is 1. The molecule has 1 fully saturated rings. The van der Waals surface area contributed by atoms with E-state index in [9.17, 15) is 9.59 Å². The third kappa shape index (κ3) is 3.59. The molecule has 0 aliphatic carbocycles. The predicted molar refractivity (Wildman–Crippen MR) is 92.3 cm³/mol. The summed E-state index contributed by atoms with van der Waals surface area (Å²) in [6.45, 7) is 7.19. The fourth-order valence-corrected chi connectivity index (χ4v) is 2.79. The molecular weight excluding hydrogens is 306 g/mol. The molecule has 6 heteroatoms. The van der Waals surface area contributed by atoms with Gasteiger partial charge in [-0.1, -0.05) is 6.07 Å². The van der Waals surface area contributed by atoms with E-state index in [1.165, 1.54) is 4.57 Å². The van der Waals surface area contributed by atoms with E-state index in [0.29, 0.717) is 11.1 Å². The van der Waals surface area contributed by atoms with Crippen LogP contribution >= 0.6 is 0 Å². The lowest BCUT2D eigenvalue weighted by Gasteiger charge is -2.19. The van der Waals surface area contributed by atoms with Crippen LogP contribution in [0.2, 0.25) is 0 Å². The van der Waals surface area contributed by atoms with Crippen LogP contribution in [0.15, 0.2) is 30.5 Å². The van der Waals surface area contributed by atoms with Crippen LogP contribution in [-0.4, -0.2) is 41.3 Å². The predicted octanol–water partition coefficient (Wildman–Crippen LogP) is 2.52. The first-order valence-electron chi connectivity index (χ1n) is 8.19. The summed E-state index contributed by atoms with van der Waals surface area (Å²) < 4.78 is 6.85. The average Bonchev–Trinajstić information content (AvgIpc) is 3.13. The maximum atomic E-state index is 12.4. The quantitative estimate of drug-likeness (QED) is 0.888. The van der Waals surface area contributed by atoms with Crippen molar-refractivity contribution in [2.45, 2.75) is 38.8 Å². The molecule has 1 amide bonds. The second kappa shape index (κ2) is 6.28. The highest BCUT2D eigenvalue weighted by Crippen LogP contribution is 2.20. The summed E-state index contributed by atoms with van der Waals surface area (Å²) in [5.74, 6) is -0.123. The number of carbonyl (C=O) groups is 2. The van der Waals surface area contributed by atoms with Crippen molar-refractivity contribution in [2.75, 3.05) is 13.1 Å². The highest BCUT2D eigenvalue weighted by molar-refractivity contribution is 5.99. The van der Waals surface area contributed by atoms with Crippen molar-refractivity contribution in [1.82, 2.24) is 15.2 Å². The molecule has 2 aromatic rings. The van der Waals surface area contributed by atoms with E-state index in [0.717, 1.165) is 24.9 Å². The van der Waals surface area contributed by atoms with E-state index < -0.39 is 11.7 Å². The maximum Gasteiger partial charge on any atom is 0.418 e. The summed E-state index contributed by atoms with van der Waals surface area (Å²) in [6, 6.07) is 7.35. The molecule has 0 saturated carbocycles. The highest BCUT2D eigenvalue weighted by atomic mass is 16.6. The first-order valence-corrected chi connectivity index (χ1v) is 8.19. The third-order valence-corrected chi connectivity index (χ3v) is 3.94. The molecule has 3 rings (SSSR count). The second-order valence-corrected chi connectivity index (χ2v) is 7.10. The van der Waals surface area contributed by atoms with Gasteiger partial charge in [-0.2, -0.15) is 0 Å². The Labute approximate surface area is 141 Å². The standard InChI is InChI=1S/C18H23N3O3/c1-18(2,3)24-17(23)21-9-7-12-4-5-13(10-15(12)21)16(22)20-14-6-8-19-11-14/h4-5,7,9-10,14,19H,6,8,11H2,1-3H3,(H,20,22)/t14-/m1/s1. The zero-order valence-corrected chi connectivity index (χ0v) is 14.3. The number of rotatable bonds is 2. The molecule has 1 aromatic carbocycles. The molecule has 2 N–H and O–H groups in total. The maximum absolute atomic E-state index is 12.4. The molecular formula is C18H23N3O3. The Bertz CT molecular complexity index is 767. The SMILES string of the molecule is CC(C)(C)OC(=O)n1ccc2ccc(C(=O)N[C@@H]3CCNC3)cc21. The van der Waals surface area contributed by atoms with Crippen LogP contribution in [0.5, 0.6) is 0 Å². The van der Waals surface area contributed by atoms with Gasteiger partial charge in [0.2, 0.25) is 0 Å². The van der Waals surface area contributed by atoms with Gasteiger partial charge in [0, 0.05) is 29.7 Å². The van der Waals surface area contributed by atoms with Crippen LogP contribution in [0, 0.1) is 0 Å². The van der Waals surface area contributed by atoms with Crippen LogP contribution in [0.4, 0.5) is 4.79 Å². The largest absolute Gasteiger partial charge is 0.443 e. The van der Waals surface area contributed by atoms with E-state index >= 15 is 0 Å². The monoisotopic (exact) mass is 329 g/mol. The first-order chi connectivity index (χ1) is 11.3. The van der Waals surface area contributed by atoms with Gasteiger partial charge < -0.3 is 15.4 Å². The van der Waals surface area contributed by atoms with E-state index in [2.05, 4.69) is 10.6 Å². The number of aromatic nitrogens is 1. The molecule has 1 aliphatic heterocycles. The summed E-state index contributed by atoms with van der Waals surface area (Å²) in [5, 5.41) is 7.12.